The van der Waals surface area contributed by atoms with Gasteiger partial charge in [-0.2, -0.15) is 5.10 Å². The van der Waals surface area contributed by atoms with E-state index in [9.17, 15) is 4.79 Å². The summed E-state index contributed by atoms with van der Waals surface area (Å²) < 4.78 is 5.56. The van der Waals surface area contributed by atoms with E-state index in [0.717, 1.165) is 42.0 Å². The Kier molecular flexibility index (Phi) is 4.10. The van der Waals surface area contributed by atoms with Crippen molar-refractivity contribution < 1.29 is 9.53 Å². The van der Waals surface area contributed by atoms with Crippen molar-refractivity contribution in [2.45, 2.75) is 44.6 Å². The van der Waals surface area contributed by atoms with Crippen LogP contribution in [0, 0.1) is 6.92 Å². The Balaban J connectivity index is 1.53. The van der Waals surface area contributed by atoms with Gasteiger partial charge in [0.25, 0.3) is 5.91 Å². The van der Waals surface area contributed by atoms with Crippen LogP contribution >= 0.6 is 0 Å². The molecule has 24 heavy (non-hydrogen) atoms. The zero-order valence-corrected chi connectivity index (χ0v) is 14.0. The number of aryl methyl sites for hydroxylation is 1. The Hall–Kier alpha value is -2.14. The van der Waals surface area contributed by atoms with E-state index in [1.54, 1.807) is 0 Å². The van der Waals surface area contributed by atoms with Gasteiger partial charge in [0.1, 0.15) is 0 Å². The molecule has 1 saturated heterocycles. The lowest BCUT2D eigenvalue weighted by atomic mass is 9.99. The van der Waals surface area contributed by atoms with Gasteiger partial charge in [-0.1, -0.05) is 12.1 Å². The first-order chi connectivity index (χ1) is 11.7. The summed E-state index contributed by atoms with van der Waals surface area (Å²) in [5, 5.41) is 10.6. The van der Waals surface area contributed by atoms with E-state index >= 15 is 0 Å². The molecule has 2 heterocycles. The third-order valence-corrected chi connectivity index (χ3v) is 4.87. The summed E-state index contributed by atoms with van der Waals surface area (Å²) in [6, 6.07) is 7.83. The fraction of sp³-hybridized carbons (Fsp3) is 0.474. The van der Waals surface area contributed by atoms with Gasteiger partial charge in [-0.25, -0.2) is 0 Å². The van der Waals surface area contributed by atoms with E-state index in [2.05, 4.69) is 21.6 Å². The second kappa shape index (κ2) is 6.40. The van der Waals surface area contributed by atoms with Crippen molar-refractivity contribution in [2.75, 3.05) is 13.2 Å². The summed E-state index contributed by atoms with van der Waals surface area (Å²) in [5.74, 6) is 0.531. The molecule has 1 aromatic carbocycles. The molecule has 2 fully saturated rings. The molecule has 5 heteroatoms. The number of nitrogens with zero attached hydrogens (tertiary/aromatic N) is 1. The molecule has 1 atom stereocenters. The number of H-pyrrole nitrogens is 1. The fourth-order valence-corrected chi connectivity index (χ4v) is 3.39. The summed E-state index contributed by atoms with van der Waals surface area (Å²) >= 11 is 0. The van der Waals surface area contributed by atoms with Gasteiger partial charge in [0.2, 0.25) is 0 Å². The molecule has 1 aliphatic carbocycles. The van der Waals surface area contributed by atoms with Crippen molar-refractivity contribution in [3.05, 3.63) is 41.2 Å². The summed E-state index contributed by atoms with van der Waals surface area (Å²) in [6.45, 7) is 3.43. The number of nitrogens with one attached hydrogen (secondary N) is 2. The molecule has 0 spiro atoms. The van der Waals surface area contributed by atoms with Crippen LogP contribution in [0.3, 0.4) is 0 Å². The molecule has 126 valence electrons. The van der Waals surface area contributed by atoms with Crippen LogP contribution in [0.1, 0.15) is 53.3 Å². The standard InChI is InChI=1S/C19H23N3O2/c1-12-17(18(22-21-12)13-7-8-13)14-4-2-5-15(10-14)19(23)20-11-16-6-3-9-24-16/h2,4-5,10,13,16H,3,6-9,11H2,1H3,(H,20,23)(H,21,22). The van der Waals surface area contributed by atoms with Crippen molar-refractivity contribution in [3.8, 4) is 11.1 Å². The van der Waals surface area contributed by atoms with E-state index in [1.165, 1.54) is 12.8 Å². The maximum atomic E-state index is 12.4. The fourth-order valence-electron chi connectivity index (χ4n) is 3.39. The highest BCUT2D eigenvalue weighted by Gasteiger charge is 2.30. The highest BCUT2D eigenvalue weighted by atomic mass is 16.5. The molecule has 1 aliphatic heterocycles. The van der Waals surface area contributed by atoms with Gasteiger partial charge in [0, 0.05) is 35.9 Å². The minimum absolute atomic E-state index is 0.0403. The molecular weight excluding hydrogens is 302 g/mol. The first-order valence-electron chi connectivity index (χ1n) is 8.77. The van der Waals surface area contributed by atoms with Gasteiger partial charge in [-0.3, -0.25) is 9.89 Å². The SMILES string of the molecule is Cc1[nH]nc(C2CC2)c1-c1cccc(C(=O)NCC2CCCO2)c1. The second-order valence-electron chi connectivity index (χ2n) is 6.81. The molecule has 2 aromatic rings. The van der Waals surface area contributed by atoms with Crippen LogP contribution in [0.25, 0.3) is 11.1 Å². The van der Waals surface area contributed by atoms with E-state index < -0.39 is 0 Å². The number of hydrogen-bond acceptors (Lipinski definition) is 3. The Morgan fingerprint density at radius 2 is 2.25 bits per heavy atom. The molecular formula is C19H23N3O2. The number of aromatic nitrogens is 2. The molecule has 1 amide bonds. The summed E-state index contributed by atoms with van der Waals surface area (Å²) in [5.41, 5.74) is 5.12. The van der Waals surface area contributed by atoms with Crippen molar-refractivity contribution >= 4 is 5.91 Å². The number of carbonyl (C=O) groups is 1. The number of carbonyl (C=O) groups excluding carboxylic acids is 1. The lowest BCUT2D eigenvalue weighted by molar-refractivity contribution is 0.0858. The summed E-state index contributed by atoms with van der Waals surface area (Å²) in [4.78, 5) is 12.4. The van der Waals surface area contributed by atoms with Gasteiger partial charge in [0.05, 0.1) is 11.8 Å². The Morgan fingerprint density at radius 3 is 3.00 bits per heavy atom. The molecule has 5 nitrogen and oxygen atoms in total. The molecule has 2 N–H and O–H groups in total. The number of hydrogen-bond donors (Lipinski definition) is 2. The highest BCUT2D eigenvalue weighted by Crippen LogP contribution is 2.44. The summed E-state index contributed by atoms with van der Waals surface area (Å²) in [6.07, 6.45) is 4.69. The van der Waals surface area contributed by atoms with Crippen LogP contribution in [-0.4, -0.2) is 35.4 Å². The normalized spacial score (nSPS) is 20.3. The minimum atomic E-state index is -0.0403. The topological polar surface area (TPSA) is 67.0 Å². The highest BCUT2D eigenvalue weighted by molar-refractivity contribution is 5.95. The van der Waals surface area contributed by atoms with Crippen molar-refractivity contribution in [3.63, 3.8) is 0 Å². The van der Waals surface area contributed by atoms with E-state index in [4.69, 9.17) is 4.74 Å². The molecule has 0 bridgehead atoms. The number of ether oxygens (including phenoxy) is 1. The van der Waals surface area contributed by atoms with Crippen molar-refractivity contribution in [1.82, 2.24) is 15.5 Å². The number of aromatic amines is 1. The molecule has 2 aliphatic rings. The van der Waals surface area contributed by atoms with Gasteiger partial charge >= 0.3 is 0 Å². The average Bonchev–Trinajstić information content (AvgIpc) is 3.16. The second-order valence-corrected chi connectivity index (χ2v) is 6.81. The Bertz CT molecular complexity index is 743. The predicted molar refractivity (Wildman–Crippen MR) is 92.0 cm³/mol. The largest absolute Gasteiger partial charge is 0.376 e. The van der Waals surface area contributed by atoms with E-state index in [1.807, 2.05) is 25.1 Å². The van der Waals surface area contributed by atoms with E-state index in [0.29, 0.717) is 18.0 Å². The summed E-state index contributed by atoms with van der Waals surface area (Å²) in [7, 11) is 0. The molecule has 1 aromatic heterocycles. The zero-order chi connectivity index (χ0) is 16.5. The van der Waals surface area contributed by atoms with Crippen molar-refractivity contribution in [2.24, 2.45) is 0 Å². The van der Waals surface area contributed by atoms with Gasteiger partial charge in [0.15, 0.2) is 0 Å². The quantitative estimate of drug-likeness (QED) is 0.887. The average molecular weight is 325 g/mol. The zero-order valence-electron chi connectivity index (χ0n) is 14.0. The first-order valence-corrected chi connectivity index (χ1v) is 8.77. The number of amides is 1. The van der Waals surface area contributed by atoms with Crippen LogP contribution in [0.4, 0.5) is 0 Å². The van der Waals surface area contributed by atoms with Crippen LogP contribution < -0.4 is 5.32 Å². The maximum absolute atomic E-state index is 12.4. The molecule has 0 radical (unpaired) electrons. The third kappa shape index (κ3) is 3.08. The third-order valence-electron chi connectivity index (χ3n) is 4.87. The molecule has 1 unspecified atom stereocenters. The van der Waals surface area contributed by atoms with E-state index in [-0.39, 0.29) is 12.0 Å². The van der Waals surface area contributed by atoms with Gasteiger partial charge < -0.3 is 10.1 Å². The monoisotopic (exact) mass is 325 g/mol. The smallest absolute Gasteiger partial charge is 0.251 e. The molecule has 4 rings (SSSR count). The Labute approximate surface area is 141 Å². The number of rotatable bonds is 5. The predicted octanol–water partition coefficient (Wildman–Crippen LogP) is 3.17. The van der Waals surface area contributed by atoms with Crippen molar-refractivity contribution in [1.29, 1.82) is 0 Å². The lowest BCUT2D eigenvalue weighted by Gasteiger charge is -2.11. The number of benzene rings is 1. The maximum Gasteiger partial charge on any atom is 0.251 e. The van der Waals surface area contributed by atoms with Crippen LogP contribution in [0.5, 0.6) is 0 Å². The van der Waals surface area contributed by atoms with Gasteiger partial charge in [-0.05, 0) is 50.3 Å². The first kappa shape index (κ1) is 15.4. The van der Waals surface area contributed by atoms with Crippen LogP contribution in [-0.2, 0) is 4.74 Å². The molecule has 1 saturated carbocycles. The Morgan fingerprint density at radius 1 is 1.38 bits per heavy atom. The van der Waals surface area contributed by atoms with Crippen LogP contribution in [0.2, 0.25) is 0 Å². The van der Waals surface area contributed by atoms with Crippen LogP contribution in [0.15, 0.2) is 24.3 Å². The minimum Gasteiger partial charge on any atom is -0.376 e. The lowest BCUT2D eigenvalue weighted by Crippen LogP contribution is -2.31. The van der Waals surface area contributed by atoms with Gasteiger partial charge in [-0.15, -0.1) is 0 Å².